The molecule has 0 amide bonds. The van der Waals surface area contributed by atoms with Crippen LogP contribution in [0.5, 0.6) is 0 Å². The second-order valence-corrected chi connectivity index (χ2v) is 20.1. The van der Waals surface area contributed by atoms with Gasteiger partial charge in [-0.25, -0.2) is 0 Å². The third kappa shape index (κ3) is 7.39. The highest BCUT2D eigenvalue weighted by molar-refractivity contribution is 7.00. The molecule has 3 heterocycles. The molecule has 0 atom stereocenters. The van der Waals surface area contributed by atoms with Gasteiger partial charge in [0.25, 0.3) is 6.71 Å². The van der Waals surface area contributed by atoms with Crippen LogP contribution in [0, 0.1) is 0 Å². The second-order valence-electron chi connectivity index (χ2n) is 20.1. The van der Waals surface area contributed by atoms with Crippen molar-refractivity contribution in [1.29, 1.82) is 0 Å². The lowest BCUT2D eigenvalue weighted by Gasteiger charge is -2.45. The summed E-state index contributed by atoms with van der Waals surface area (Å²) in [7, 11) is 0. The lowest BCUT2D eigenvalue weighted by molar-refractivity contribution is 1.18. The van der Waals surface area contributed by atoms with E-state index in [1.807, 2.05) is 0 Å². The molecule has 0 radical (unpaired) electrons. The molecule has 360 valence electrons. The van der Waals surface area contributed by atoms with E-state index in [0.29, 0.717) is 0 Å². The van der Waals surface area contributed by atoms with Crippen LogP contribution in [0.25, 0.3) is 60.9 Å². The molecule has 0 N–H and O–H groups in total. The topological polar surface area (TPSA) is 14.7 Å². The highest BCUT2D eigenvalue weighted by atomic mass is 15.2. The molecule has 0 aliphatic carbocycles. The van der Waals surface area contributed by atoms with E-state index in [2.05, 4.69) is 317 Å². The number of anilines is 9. The number of hydrogen-bond acceptors (Lipinski definition) is 3. The molecule has 2 aliphatic rings. The van der Waals surface area contributed by atoms with E-state index < -0.39 is 0 Å². The van der Waals surface area contributed by atoms with E-state index in [1.54, 1.807) is 0 Å². The average Bonchev–Trinajstić information content (AvgIpc) is 3.98. The molecule has 4 nitrogen and oxygen atoms in total. The van der Waals surface area contributed by atoms with Crippen LogP contribution in [0.1, 0.15) is 0 Å². The molecule has 1 aromatic heterocycles. The normalized spacial score (nSPS) is 12.3. The summed E-state index contributed by atoms with van der Waals surface area (Å²) in [6, 6.07) is 109. The SMILES string of the molecule is c1ccc(-c2ccc(N3c4cc(-c5ccccc5)ccc4B4c5ccc6c(c5N(c5cccc(-c7ccccc7)c5)c5cc(N(c7ccccc7)c7ccccc7)cc3c54)c3ccccc3n6-c3ccccc3)cc2)cc1. The number of benzene rings is 12. The van der Waals surface area contributed by atoms with E-state index >= 15 is 0 Å². The molecule has 12 aromatic carbocycles. The summed E-state index contributed by atoms with van der Waals surface area (Å²) in [4.78, 5) is 7.58. The van der Waals surface area contributed by atoms with Crippen LogP contribution in [-0.4, -0.2) is 11.3 Å². The Bertz CT molecular complexity index is 4280. The number of nitrogens with zero attached hydrogens (tertiary/aromatic N) is 4. The van der Waals surface area contributed by atoms with Gasteiger partial charge in [0.1, 0.15) is 0 Å². The molecule has 0 saturated heterocycles. The Kier molecular flexibility index (Phi) is 10.6. The first kappa shape index (κ1) is 44.4. The van der Waals surface area contributed by atoms with E-state index in [9.17, 15) is 0 Å². The summed E-state index contributed by atoms with van der Waals surface area (Å²) in [5.41, 5.74) is 24.2. The second kappa shape index (κ2) is 18.4. The lowest BCUT2D eigenvalue weighted by Crippen LogP contribution is -2.61. The van der Waals surface area contributed by atoms with Gasteiger partial charge in [-0.3, -0.25) is 0 Å². The molecule has 15 rings (SSSR count). The van der Waals surface area contributed by atoms with E-state index in [0.717, 1.165) is 62.3 Å². The van der Waals surface area contributed by atoms with Crippen LogP contribution < -0.4 is 31.1 Å². The summed E-state index contributed by atoms with van der Waals surface area (Å²) in [5, 5.41) is 2.42. The number of hydrogen-bond donors (Lipinski definition) is 0. The van der Waals surface area contributed by atoms with Crippen molar-refractivity contribution in [1.82, 2.24) is 4.57 Å². The molecule has 0 bridgehead atoms. The number of aromatic nitrogens is 1. The van der Waals surface area contributed by atoms with Gasteiger partial charge in [0, 0.05) is 56.3 Å². The van der Waals surface area contributed by atoms with Crippen molar-refractivity contribution in [2.75, 3.05) is 14.7 Å². The summed E-state index contributed by atoms with van der Waals surface area (Å²) in [6.07, 6.45) is 0. The highest BCUT2D eigenvalue weighted by Gasteiger charge is 2.45. The molecule has 77 heavy (non-hydrogen) atoms. The van der Waals surface area contributed by atoms with Crippen molar-refractivity contribution in [3.05, 3.63) is 297 Å². The Morgan fingerprint density at radius 1 is 0.286 bits per heavy atom. The number of para-hydroxylation sites is 4. The molecular formula is C72H49BN4. The zero-order chi connectivity index (χ0) is 50.8. The lowest BCUT2D eigenvalue weighted by atomic mass is 9.33. The van der Waals surface area contributed by atoms with Crippen molar-refractivity contribution in [2.24, 2.45) is 0 Å². The first-order valence-corrected chi connectivity index (χ1v) is 26.5. The predicted molar refractivity (Wildman–Crippen MR) is 326 cm³/mol. The minimum absolute atomic E-state index is 0.137. The minimum atomic E-state index is -0.137. The minimum Gasteiger partial charge on any atom is -0.311 e. The van der Waals surface area contributed by atoms with Crippen molar-refractivity contribution >= 4 is 96.1 Å². The summed E-state index contributed by atoms with van der Waals surface area (Å²) in [6.45, 7) is -0.137. The van der Waals surface area contributed by atoms with Gasteiger partial charge < -0.3 is 19.3 Å². The van der Waals surface area contributed by atoms with Gasteiger partial charge in [0.05, 0.1) is 22.4 Å². The summed E-state index contributed by atoms with van der Waals surface area (Å²) >= 11 is 0. The molecule has 0 spiro atoms. The fourth-order valence-electron chi connectivity index (χ4n) is 12.3. The molecule has 0 unspecified atom stereocenters. The molecule has 13 aromatic rings. The fourth-order valence-corrected chi connectivity index (χ4v) is 12.3. The van der Waals surface area contributed by atoms with Crippen molar-refractivity contribution in [3.8, 4) is 39.1 Å². The molecule has 2 aliphatic heterocycles. The summed E-state index contributed by atoms with van der Waals surface area (Å²) < 4.78 is 2.45. The third-order valence-electron chi connectivity index (χ3n) is 15.7. The van der Waals surface area contributed by atoms with Gasteiger partial charge in [0.2, 0.25) is 0 Å². The fraction of sp³-hybridized carbons (Fsp3) is 0. The van der Waals surface area contributed by atoms with E-state index in [4.69, 9.17) is 0 Å². The van der Waals surface area contributed by atoms with Gasteiger partial charge in [-0.2, -0.15) is 0 Å². The number of fused-ring (bicyclic) bond motifs is 8. The maximum atomic E-state index is 2.61. The maximum Gasteiger partial charge on any atom is 0.252 e. The zero-order valence-corrected chi connectivity index (χ0v) is 42.2. The van der Waals surface area contributed by atoms with Crippen LogP contribution in [0.3, 0.4) is 0 Å². The first-order valence-electron chi connectivity index (χ1n) is 26.5. The van der Waals surface area contributed by atoms with Gasteiger partial charge in [-0.05, 0) is 141 Å². The molecule has 0 fully saturated rings. The van der Waals surface area contributed by atoms with Crippen molar-refractivity contribution in [3.63, 3.8) is 0 Å². The largest absolute Gasteiger partial charge is 0.311 e. The highest BCUT2D eigenvalue weighted by Crippen LogP contribution is 2.51. The molecule has 0 saturated carbocycles. The zero-order valence-electron chi connectivity index (χ0n) is 42.2. The van der Waals surface area contributed by atoms with Gasteiger partial charge in [-0.15, -0.1) is 0 Å². The maximum absolute atomic E-state index is 2.61. The van der Waals surface area contributed by atoms with E-state index in [-0.39, 0.29) is 6.71 Å². The van der Waals surface area contributed by atoms with Gasteiger partial charge >= 0.3 is 0 Å². The van der Waals surface area contributed by atoms with Gasteiger partial charge in [0.15, 0.2) is 0 Å². The quantitative estimate of drug-likeness (QED) is 0.134. The van der Waals surface area contributed by atoms with Crippen LogP contribution >= 0.6 is 0 Å². The first-order chi connectivity index (χ1) is 38.2. The molecule has 5 heteroatoms. The van der Waals surface area contributed by atoms with Crippen LogP contribution in [0.15, 0.2) is 297 Å². The average molecular weight is 981 g/mol. The van der Waals surface area contributed by atoms with Crippen LogP contribution in [-0.2, 0) is 0 Å². The van der Waals surface area contributed by atoms with E-state index in [1.165, 1.54) is 66.2 Å². The predicted octanol–water partition coefficient (Wildman–Crippen LogP) is 17.3. The Labute approximate surface area is 449 Å². The molecular weight excluding hydrogens is 932 g/mol. The Hall–Kier alpha value is -10.1. The van der Waals surface area contributed by atoms with Crippen molar-refractivity contribution in [2.45, 2.75) is 0 Å². The third-order valence-corrected chi connectivity index (χ3v) is 15.7. The Morgan fingerprint density at radius 2 is 0.766 bits per heavy atom. The Balaban J connectivity index is 1.09. The smallest absolute Gasteiger partial charge is 0.252 e. The summed E-state index contributed by atoms with van der Waals surface area (Å²) in [5.74, 6) is 0. The van der Waals surface area contributed by atoms with Crippen LogP contribution in [0.4, 0.5) is 51.2 Å². The van der Waals surface area contributed by atoms with Gasteiger partial charge in [-0.1, -0.05) is 206 Å². The Morgan fingerprint density at radius 3 is 1.40 bits per heavy atom. The van der Waals surface area contributed by atoms with Crippen molar-refractivity contribution < 1.29 is 0 Å². The standard InChI is InChI=1S/C72H49BN4/c1-7-22-50(23-8-1)53-38-41-59(42-39-53)76-67-47-55(52-26-11-3-12-27-52)40-43-63(67)73-64-44-45-66-70(62-36-19-20-37-65(62)75(66)58-33-17-6-18-34-58)72(64)77(60-35-21-28-54(46-60)51-24-9-2-10-25-51)69-49-61(48-68(76)71(69)73)74(56-29-13-4-14-30-56)57-31-15-5-16-32-57/h1-49H. The monoisotopic (exact) mass is 980 g/mol. The van der Waals surface area contributed by atoms with Crippen LogP contribution in [0.2, 0.25) is 0 Å². The number of rotatable bonds is 9.